The third-order valence-corrected chi connectivity index (χ3v) is 3.68. The summed E-state index contributed by atoms with van der Waals surface area (Å²) < 4.78 is 7.08. The number of aromatic nitrogens is 2. The van der Waals surface area contributed by atoms with Crippen molar-refractivity contribution >= 4 is 5.97 Å². The van der Waals surface area contributed by atoms with Crippen LogP contribution >= 0.6 is 0 Å². The van der Waals surface area contributed by atoms with E-state index in [9.17, 15) is 4.79 Å². The fraction of sp³-hybridized carbons (Fsp3) is 0.667. The van der Waals surface area contributed by atoms with Crippen LogP contribution in [-0.2, 0) is 22.6 Å². The molecule has 2 aliphatic rings. The SMILES string of the molecule is COC(=O)C(C1CC1)N1CCn2ccnc2C1. The van der Waals surface area contributed by atoms with Gasteiger partial charge in [0.25, 0.3) is 0 Å². The Morgan fingerprint density at radius 3 is 3.06 bits per heavy atom. The van der Waals surface area contributed by atoms with Gasteiger partial charge in [0.1, 0.15) is 11.9 Å². The average molecular weight is 235 g/mol. The van der Waals surface area contributed by atoms with Gasteiger partial charge in [0.05, 0.1) is 13.7 Å². The van der Waals surface area contributed by atoms with Crippen molar-refractivity contribution in [3.8, 4) is 0 Å². The first-order valence-corrected chi connectivity index (χ1v) is 6.11. The zero-order valence-corrected chi connectivity index (χ0v) is 10.0. The highest BCUT2D eigenvalue weighted by atomic mass is 16.5. The molecule has 1 aromatic rings. The maximum atomic E-state index is 11.9. The maximum absolute atomic E-state index is 11.9. The number of hydrogen-bond donors (Lipinski definition) is 0. The minimum Gasteiger partial charge on any atom is -0.468 e. The zero-order valence-electron chi connectivity index (χ0n) is 10.0. The first-order valence-electron chi connectivity index (χ1n) is 6.11. The third kappa shape index (κ3) is 1.95. The molecule has 1 saturated carbocycles. The molecule has 2 heterocycles. The number of ether oxygens (including phenoxy) is 1. The summed E-state index contributed by atoms with van der Waals surface area (Å²) >= 11 is 0. The van der Waals surface area contributed by atoms with E-state index in [4.69, 9.17) is 4.74 Å². The molecule has 0 amide bonds. The molecule has 1 aliphatic carbocycles. The quantitative estimate of drug-likeness (QED) is 0.722. The Morgan fingerprint density at radius 1 is 1.53 bits per heavy atom. The molecule has 1 unspecified atom stereocenters. The van der Waals surface area contributed by atoms with Crippen LogP contribution in [0.3, 0.4) is 0 Å². The minimum absolute atomic E-state index is 0.0644. The molecule has 1 atom stereocenters. The first kappa shape index (κ1) is 10.8. The van der Waals surface area contributed by atoms with Gasteiger partial charge in [0.2, 0.25) is 0 Å². The van der Waals surface area contributed by atoms with Gasteiger partial charge in [0.15, 0.2) is 0 Å². The van der Waals surface area contributed by atoms with Crippen molar-refractivity contribution in [2.24, 2.45) is 5.92 Å². The van der Waals surface area contributed by atoms with Crippen molar-refractivity contribution in [2.45, 2.75) is 32.0 Å². The monoisotopic (exact) mass is 235 g/mol. The van der Waals surface area contributed by atoms with E-state index in [-0.39, 0.29) is 12.0 Å². The largest absolute Gasteiger partial charge is 0.468 e. The molecule has 1 aliphatic heterocycles. The summed E-state index contributed by atoms with van der Waals surface area (Å²) in [5.41, 5.74) is 0. The van der Waals surface area contributed by atoms with E-state index in [1.165, 1.54) is 7.11 Å². The molecule has 0 radical (unpaired) electrons. The van der Waals surface area contributed by atoms with Crippen molar-refractivity contribution in [3.05, 3.63) is 18.2 Å². The van der Waals surface area contributed by atoms with E-state index >= 15 is 0 Å². The van der Waals surface area contributed by atoms with Gasteiger partial charge in [-0.2, -0.15) is 0 Å². The number of carbonyl (C=O) groups excluding carboxylic acids is 1. The van der Waals surface area contributed by atoms with Crippen molar-refractivity contribution in [1.82, 2.24) is 14.5 Å². The number of fused-ring (bicyclic) bond motifs is 1. The second-order valence-electron chi connectivity index (χ2n) is 4.81. The molecule has 1 fully saturated rings. The molecule has 0 spiro atoms. The van der Waals surface area contributed by atoms with Crippen molar-refractivity contribution in [3.63, 3.8) is 0 Å². The van der Waals surface area contributed by atoms with Gasteiger partial charge >= 0.3 is 5.97 Å². The molecule has 1 aromatic heterocycles. The van der Waals surface area contributed by atoms with Crippen molar-refractivity contribution in [2.75, 3.05) is 13.7 Å². The van der Waals surface area contributed by atoms with Gasteiger partial charge in [-0.05, 0) is 18.8 Å². The number of rotatable bonds is 3. The second-order valence-corrected chi connectivity index (χ2v) is 4.81. The highest BCUT2D eigenvalue weighted by Gasteiger charge is 2.41. The molecule has 0 aromatic carbocycles. The molecule has 5 nitrogen and oxygen atoms in total. The molecule has 0 bridgehead atoms. The van der Waals surface area contributed by atoms with Gasteiger partial charge in [-0.3, -0.25) is 9.69 Å². The molecular formula is C12H17N3O2. The molecule has 0 saturated heterocycles. The van der Waals surface area contributed by atoms with Crippen LogP contribution in [0, 0.1) is 5.92 Å². The Kier molecular flexibility index (Phi) is 2.63. The van der Waals surface area contributed by atoms with Crippen LogP contribution in [0.25, 0.3) is 0 Å². The van der Waals surface area contributed by atoms with Gasteiger partial charge < -0.3 is 9.30 Å². The van der Waals surface area contributed by atoms with Gasteiger partial charge in [-0.15, -0.1) is 0 Å². The van der Waals surface area contributed by atoms with Crippen molar-refractivity contribution in [1.29, 1.82) is 0 Å². The Labute approximate surface area is 100 Å². The lowest BCUT2D eigenvalue weighted by atomic mass is 10.1. The van der Waals surface area contributed by atoms with E-state index in [0.29, 0.717) is 5.92 Å². The highest BCUT2D eigenvalue weighted by molar-refractivity contribution is 5.76. The fourth-order valence-electron chi connectivity index (χ4n) is 2.60. The highest BCUT2D eigenvalue weighted by Crippen LogP contribution is 2.37. The smallest absolute Gasteiger partial charge is 0.323 e. The van der Waals surface area contributed by atoms with Crippen LogP contribution in [0.4, 0.5) is 0 Å². The lowest BCUT2D eigenvalue weighted by molar-refractivity contribution is -0.148. The number of hydrogen-bond acceptors (Lipinski definition) is 4. The Balaban J connectivity index is 1.77. The van der Waals surface area contributed by atoms with Crippen LogP contribution in [0.5, 0.6) is 0 Å². The summed E-state index contributed by atoms with van der Waals surface area (Å²) in [4.78, 5) is 18.4. The Hall–Kier alpha value is -1.36. The summed E-state index contributed by atoms with van der Waals surface area (Å²) in [6.45, 7) is 2.57. The predicted octanol–water partition coefficient (Wildman–Crippen LogP) is 0.650. The van der Waals surface area contributed by atoms with E-state index in [2.05, 4.69) is 14.5 Å². The van der Waals surface area contributed by atoms with Gasteiger partial charge in [0, 0.05) is 25.5 Å². The molecule has 0 N–H and O–H groups in total. The van der Waals surface area contributed by atoms with E-state index in [0.717, 1.165) is 38.3 Å². The standard InChI is InChI=1S/C12H17N3O2/c1-17-12(16)11(9-2-3-9)15-7-6-14-5-4-13-10(14)8-15/h4-5,9,11H,2-3,6-8H2,1H3. The van der Waals surface area contributed by atoms with Gasteiger partial charge in [-0.25, -0.2) is 4.98 Å². The summed E-state index contributed by atoms with van der Waals surface area (Å²) in [5, 5.41) is 0. The lowest BCUT2D eigenvalue weighted by Crippen LogP contribution is -2.47. The summed E-state index contributed by atoms with van der Waals surface area (Å²) in [6, 6.07) is -0.0644. The van der Waals surface area contributed by atoms with Gasteiger partial charge in [-0.1, -0.05) is 0 Å². The van der Waals surface area contributed by atoms with E-state index in [1.807, 2.05) is 12.4 Å². The Bertz CT molecular complexity index is 425. The molecule has 3 rings (SSSR count). The molecule has 92 valence electrons. The van der Waals surface area contributed by atoms with E-state index in [1.54, 1.807) is 0 Å². The molecule has 17 heavy (non-hydrogen) atoms. The zero-order chi connectivity index (χ0) is 11.8. The van der Waals surface area contributed by atoms with E-state index < -0.39 is 0 Å². The second kappa shape index (κ2) is 4.14. The Morgan fingerprint density at radius 2 is 2.35 bits per heavy atom. The third-order valence-electron chi connectivity index (χ3n) is 3.68. The fourth-order valence-corrected chi connectivity index (χ4v) is 2.60. The van der Waals surface area contributed by atoms with Crippen molar-refractivity contribution < 1.29 is 9.53 Å². The number of esters is 1. The summed E-state index contributed by atoms with van der Waals surface area (Å²) in [6.07, 6.45) is 6.11. The summed E-state index contributed by atoms with van der Waals surface area (Å²) in [5.74, 6) is 1.45. The van der Waals surface area contributed by atoms with Crippen LogP contribution < -0.4 is 0 Å². The maximum Gasteiger partial charge on any atom is 0.323 e. The number of carbonyl (C=O) groups is 1. The number of methoxy groups -OCH3 is 1. The summed E-state index contributed by atoms with van der Waals surface area (Å²) in [7, 11) is 1.47. The number of imidazole rings is 1. The molecular weight excluding hydrogens is 218 g/mol. The molecule has 5 heteroatoms. The number of nitrogens with zero attached hydrogens (tertiary/aromatic N) is 3. The van der Waals surface area contributed by atoms with Crippen LogP contribution in [-0.4, -0.2) is 40.1 Å². The van der Waals surface area contributed by atoms with Crippen LogP contribution in [0.2, 0.25) is 0 Å². The predicted molar refractivity (Wildman–Crippen MR) is 61.2 cm³/mol. The average Bonchev–Trinajstić information content (AvgIpc) is 3.06. The van der Waals surface area contributed by atoms with Crippen LogP contribution in [0.15, 0.2) is 12.4 Å². The van der Waals surface area contributed by atoms with Crippen LogP contribution in [0.1, 0.15) is 18.7 Å². The first-order chi connectivity index (χ1) is 8.29. The topological polar surface area (TPSA) is 47.4 Å². The lowest BCUT2D eigenvalue weighted by Gasteiger charge is -2.33. The normalized spacial score (nSPS) is 21.9. The minimum atomic E-state index is -0.0903.